The highest BCUT2D eigenvalue weighted by Crippen LogP contribution is 2.44. The number of ether oxygens (including phenoxy) is 1. The zero-order valence-electron chi connectivity index (χ0n) is 13.5. The second-order valence-electron chi connectivity index (χ2n) is 6.58. The van der Waals surface area contributed by atoms with Crippen molar-refractivity contribution in [3.63, 3.8) is 0 Å². The van der Waals surface area contributed by atoms with Crippen LogP contribution in [-0.4, -0.2) is 49.8 Å². The maximum absolute atomic E-state index is 14.4. The van der Waals surface area contributed by atoms with Crippen LogP contribution in [0.3, 0.4) is 0 Å². The molecular weight excluding hydrogens is 328 g/mol. The summed E-state index contributed by atoms with van der Waals surface area (Å²) in [6.45, 7) is 3.97. The van der Waals surface area contributed by atoms with Gasteiger partial charge in [0.15, 0.2) is 6.17 Å². The number of aromatic nitrogens is 2. The van der Waals surface area contributed by atoms with Gasteiger partial charge in [-0.3, -0.25) is 19.2 Å². The van der Waals surface area contributed by atoms with E-state index in [-0.39, 0.29) is 0 Å². The summed E-state index contributed by atoms with van der Waals surface area (Å²) >= 11 is 0. The van der Waals surface area contributed by atoms with Crippen molar-refractivity contribution >= 4 is 6.09 Å². The average Bonchev–Trinajstić information content (AvgIpc) is 2.68. The second kappa shape index (κ2) is 6.00. The van der Waals surface area contributed by atoms with E-state index in [9.17, 15) is 28.3 Å². The molecule has 0 aliphatic carbocycles. The van der Waals surface area contributed by atoms with Crippen molar-refractivity contribution in [1.29, 1.82) is 0 Å². The molecule has 0 radical (unpaired) electrons. The van der Waals surface area contributed by atoms with Gasteiger partial charge in [0.25, 0.3) is 11.5 Å². The van der Waals surface area contributed by atoms with E-state index in [0.29, 0.717) is 9.47 Å². The van der Waals surface area contributed by atoms with Crippen LogP contribution < -0.4 is 11.2 Å². The molecule has 24 heavy (non-hydrogen) atoms. The van der Waals surface area contributed by atoms with Gasteiger partial charge in [0.05, 0.1) is 12.6 Å². The van der Waals surface area contributed by atoms with Crippen molar-refractivity contribution in [3.05, 3.63) is 33.1 Å². The maximum Gasteiger partial charge on any atom is 0.412 e. The fraction of sp³-hybridized carbons (Fsp3) is 0.643. The molecule has 0 spiro atoms. The Balaban J connectivity index is 2.52. The largest absolute Gasteiger partial charge is 0.444 e. The van der Waals surface area contributed by atoms with E-state index in [2.05, 4.69) is 0 Å². The van der Waals surface area contributed by atoms with Crippen molar-refractivity contribution in [1.82, 2.24) is 14.5 Å². The summed E-state index contributed by atoms with van der Waals surface area (Å²) < 4.78 is 34.6. The predicted molar refractivity (Wildman–Crippen MR) is 78.9 cm³/mol. The molecule has 10 heteroatoms. The Morgan fingerprint density at radius 1 is 1.46 bits per heavy atom. The number of carbonyl (C=O) groups is 1. The standard InChI is InChI=1S/C14H19F2N3O5/c1-13(2,3)24-12(23)19-8(7-20)6-14(15,16)10(19)18-5-4-9(21)17-11(18)22/h4-5,8,10,20H,6-7H2,1-3H3,(H,17,21,22)/t8-,10-/m0/s1. The van der Waals surface area contributed by atoms with Gasteiger partial charge in [-0.15, -0.1) is 0 Å². The van der Waals surface area contributed by atoms with Gasteiger partial charge in [-0.05, 0) is 20.8 Å². The van der Waals surface area contributed by atoms with Crippen molar-refractivity contribution in [2.45, 2.75) is 50.9 Å². The third-order valence-corrected chi connectivity index (χ3v) is 3.47. The molecule has 134 valence electrons. The third-order valence-electron chi connectivity index (χ3n) is 3.47. The Morgan fingerprint density at radius 2 is 2.08 bits per heavy atom. The molecule has 2 atom stereocenters. The molecule has 8 nitrogen and oxygen atoms in total. The number of nitrogens with zero attached hydrogens (tertiary/aromatic N) is 2. The first-order valence-electron chi connectivity index (χ1n) is 7.28. The molecule has 1 fully saturated rings. The molecule has 0 unspecified atom stereocenters. The minimum Gasteiger partial charge on any atom is -0.444 e. The fourth-order valence-corrected chi connectivity index (χ4v) is 2.59. The lowest BCUT2D eigenvalue weighted by Gasteiger charge is -2.33. The molecule has 1 amide bonds. The summed E-state index contributed by atoms with van der Waals surface area (Å²) in [5.74, 6) is -3.49. The Bertz CT molecular complexity index is 737. The van der Waals surface area contributed by atoms with E-state index in [1.165, 1.54) is 0 Å². The first-order valence-corrected chi connectivity index (χ1v) is 7.28. The number of alkyl halides is 2. The molecule has 0 saturated carbocycles. The van der Waals surface area contributed by atoms with Crippen LogP contribution in [0.4, 0.5) is 13.6 Å². The number of rotatable bonds is 2. The summed E-state index contributed by atoms with van der Waals surface area (Å²) in [5, 5.41) is 9.37. The number of aliphatic hydroxyl groups excluding tert-OH is 1. The van der Waals surface area contributed by atoms with Crippen LogP contribution in [0.1, 0.15) is 33.4 Å². The van der Waals surface area contributed by atoms with E-state index in [1.54, 1.807) is 20.8 Å². The van der Waals surface area contributed by atoms with Crippen LogP contribution in [0.15, 0.2) is 21.9 Å². The smallest absolute Gasteiger partial charge is 0.412 e. The molecule has 1 aromatic rings. The first-order chi connectivity index (χ1) is 11.0. The van der Waals surface area contributed by atoms with E-state index < -0.39 is 54.1 Å². The van der Waals surface area contributed by atoms with Gasteiger partial charge in [-0.2, -0.15) is 0 Å². The van der Waals surface area contributed by atoms with Gasteiger partial charge >= 0.3 is 11.8 Å². The van der Waals surface area contributed by atoms with Crippen LogP contribution in [-0.2, 0) is 4.74 Å². The number of nitrogens with one attached hydrogen (secondary N) is 1. The van der Waals surface area contributed by atoms with Gasteiger partial charge in [0.2, 0.25) is 0 Å². The molecule has 0 bridgehead atoms. The van der Waals surface area contributed by atoms with E-state index >= 15 is 0 Å². The Labute approximate surface area is 135 Å². The number of amides is 1. The zero-order valence-corrected chi connectivity index (χ0v) is 13.5. The summed E-state index contributed by atoms with van der Waals surface area (Å²) in [5.41, 5.74) is -2.78. The first kappa shape index (κ1) is 18.1. The molecule has 1 aliphatic rings. The normalized spacial score (nSPS) is 23.3. The molecular formula is C14H19F2N3O5. The minimum absolute atomic E-state index is 0.557. The average molecular weight is 347 g/mol. The van der Waals surface area contributed by atoms with Crippen molar-refractivity contribution in [2.75, 3.05) is 6.61 Å². The summed E-state index contributed by atoms with van der Waals surface area (Å²) in [7, 11) is 0. The zero-order chi connectivity index (χ0) is 18.3. The molecule has 1 aliphatic heterocycles. The molecule has 1 aromatic heterocycles. The van der Waals surface area contributed by atoms with E-state index in [4.69, 9.17) is 4.74 Å². The van der Waals surface area contributed by atoms with Gasteiger partial charge in [-0.1, -0.05) is 0 Å². The third kappa shape index (κ3) is 3.48. The van der Waals surface area contributed by atoms with E-state index in [0.717, 1.165) is 12.3 Å². The van der Waals surface area contributed by atoms with Crippen molar-refractivity contribution in [2.24, 2.45) is 0 Å². The van der Waals surface area contributed by atoms with Gasteiger partial charge in [0, 0.05) is 18.7 Å². The molecule has 2 rings (SSSR count). The number of aromatic amines is 1. The van der Waals surface area contributed by atoms with Crippen molar-refractivity contribution in [3.8, 4) is 0 Å². The Morgan fingerprint density at radius 3 is 2.58 bits per heavy atom. The molecule has 2 N–H and O–H groups in total. The molecule has 0 aromatic carbocycles. The number of hydrogen-bond acceptors (Lipinski definition) is 5. The van der Waals surface area contributed by atoms with Gasteiger partial charge < -0.3 is 9.84 Å². The predicted octanol–water partition coefficient (Wildman–Crippen LogP) is 0.672. The Kier molecular flexibility index (Phi) is 4.53. The van der Waals surface area contributed by atoms with Gasteiger partial charge in [-0.25, -0.2) is 18.4 Å². The lowest BCUT2D eigenvalue weighted by Crippen LogP contribution is -2.49. The molecule has 1 saturated heterocycles. The SMILES string of the molecule is CC(C)(C)OC(=O)N1[C@H](CO)CC(F)(F)[C@H]1n1ccc(=O)[nH]c1=O. The topological polar surface area (TPSA) is 105 Å². The number of likely N-dealkylation sites (tertiary alicyclic amines) is 1. The lowest BCUT2D eigenvalue weighted by atomic mass is 10.2. The highest BCUT2D eigenvalue weighted by atomic mass is 19.3. The van der Waals surface area contributed by atoms with Crippen LogP contribution >= 0.6 is 0 Å². The maximum atomic E-state index is 14.4. The number of aliphatic hydroxyl groups is 1. The van der Waals surface area contributed by atoms with Crippen LogP contribution in [0.2, 0.25) is 0 Å². The minimum atomic E-state index is -3.49. The van der Waals surface area contributed by atoms with Crippen LogP contribution in [0.5, 0.6) is 0 Å². The number of carbonyl (C=O) groups excluding carboxylic acids is 1. The summed E-state index contributed by atoms with van der Waals surface area (Å²) in [6.07, 6.45) is -3.04. The quantitative estimate of drug-likeness (QED) is 0.818. The van der Waals surface area contributed by atoms with Crippen LogP contribution in [0, 0.1) is 0 Å². The molecule has 2 heterocycles. The Hall–Kier alpha value is -2.23. The second-order valence-corrected chi connectivity index (χ2v) is 6.58. The van der Waals surface area contributed by atoms with Crippen molar-refractivity contribution < 1.29 is 23.4 Å². The van der Waals surface area contributed by atoms with Gasteiger partial charge in [0.1, 0.15) is 5.60 Å². The highest BCUT2D eigenvalue weighted by Gasteiger charge is 2.58. The fourth-order valence-electron chi connectivity index (χ4n) is 2.59. The highest BCUT2D eigenvalue weighted by molar-refractivity contribution is 5.69. The number of hydrogen-bond donors (Lipinski definition) is 2. The van der Waals surface area contributed by atoms with E-state index in [1.807, 2.05) is 4.98 Å². The number of H-pyrrole nitrogens is 1. The summed E-state index contributed by atoms with van der Waals surface area (Å²) in [6, 6.07) is -0.324. The lowest BCUT2D eigenvalue weighted by molar-refractivity contribution is -0.0709. The summed E-state index contributed by atoms with van der Waals surface area (Å²) in [4.78, 5) is 37.9. The monoisotopic (exact) mass is 347 g/mol. The van der Waals surface area contributed by atoms with Crippen LogP contribution in [0.25, 0.3) is 0 Å². The number of halogens is 2.